The summed E-state index contributed by atoms with van der Waals surface area (Å²) in [6.07, 6.45) is 0. The molecule has 1 N–H and O–H groups in total. The second-order valence-electron chi connectivity index (χ2n) is 3.53. The Labute approximate surface area is 92.3 Å². The molecule has 0 saturated heterocycles. The van der Waals surface area contributed by atoms with Gasteiger partial charge in [-0.25, -0.2) is 9.37 Å². The first-order valence-corrected chi connectivity index (χ1v) is 4.91. The average Bonchev–Trinajstić information content (AvgIpc) is 2.28. The van der Waals surface area contributed by atoms with Crippen LogP contribution in [0.5, 0.6) is 0 Å². The Morgan fingerprint density at radius 2 is 2.19 bits per heavy atom. The van der Waals surface area contributed by atoms with Crippen LogP contribution >= 0.6 is 0 Å². The first kappa shape index (κ1) is 10.5. The minimum absolute atomic E-state index is 0.235. The van der Waals surface area contributed by atoms with Crippen molar-refractivity contribution in [3.8, 4) is 0 Å². The number of hydrogen-bond donors (Lipinski definition) is 1. The van der Waals surface area contributed by atoms with E-state index in [-0.39, 0.29) is 11.4 Å². The number of nitrogens with one attached hydrogen (secondary N) is 1. The standard InChI is InChI=1S/C12H11FN2O/c1-7-6-9(12(16)14-2)8-4-3-5-10(13)11(8)15-7/h3-6H,1-2H3,(H,14,16). The topological polar surface area (TPSA) is 42.0 Å². The van der Waals surface area contributed by atoms with Crippen LogP contribution < -0.4 is 5.32 Å². The molecule has 0 unspecified atom stereocenters. The number of benzene rings is 1. The lowest BCUT2D eigenvalue weighted by Gasteiger charge is -2.06. The molecule has 0 aliphatic heterocycles. The molecule has 1 amide bonds. The quantitative estimate of drug-likeness (QED) is 0.795. The lowest BCUT2D eigenvalue weighted by Crippen LogP contribution is -2.18. The molecule has 1 aromatic carbocycles. The number of aromatic nitrogens is 1. The second kappa shape index (κ2) is 3.89. The maximum absolute atomic E-state index is 13.5. The van der Waals surface area contributed by atoms with Gasteiger partial charge in [0.25, 0.3) is 5.91 Å². The van der Waals surface area contributed by atoms with Crippen LogP contribution in [0, 0.1) is 12.7 Å². The number of halogens is 1. The highest BCUT2D eigenvalue weighted by Crippen LogP contribution is 2.20. The Morgan fingerprint density at radius 3 is 2.88 bits per heavy atom. The Hall–Kier alpha value is -1.97. The van der Waals surface area contributed by atoms with Crippen LogP contribution in [0.3, 0.4) is 0 Å². The molecule has 0 atom stereocenters. The minimum Gasteiger partial charge on any atom is -0.355 e. The molecule has 0 aliphatic rings. The van der Waals surface area contributed by atoms with Crippen LogP contribution in [0.4, 0.5) is 4.39 Å². The van der Waals surface area contributed by atoms with Gasteiger partial charge in [-0.1, -0.05) is 12.1 Å². The summed E-state index contributed by atoms with van der Waals surface area (Å²) in [5.41, 5.74) is 1.31. The summed E-state index contributed by atoms with van der Waals surface area (Å²) in [5.74, 6) is -0.646. The fourth-order valence-corrected chi connectivity index (χ4v) is 1.66. The smallest absolute Gasteiger partial charge is 0.251 e. The summed E-state index contributed by atoms with van der Waals surface area (Å²) in [6, 6.07) is 6.25. The Balaban J connectivity index is 2.83. The van der Waals surface area contributed by atoms with Gasteiger partial charge in [0.15, 0.2) is 0 Å². The normalized spacial score (nSPS) is 10.4. The molecule has 0 fully saturated rings. The highest BCUT2D eigenvalue weighted by Gasteiger charge is 2.12. The molecule has 0 bridgehead atoms. The van der Waals surface area contributed by atoms with Crippen molar-refractivity contribution in [1.82, 2.24) is 10.3 Å². The second-order valence-corrected chi connectivity index (χ2v) is 3.53. The Kier molecular flexibility index (Phi) is 2.56. The summed E-state index contributed by atoms with van der Waals surface area (Å²) in [5, 5.41) is 3.06. The predicted molar refractivity (Wildman–Crippen MR) is 59.8 cm³/mol. The van der Waals surface area contributed by atoms with Crippen LogP contribution in [0.2, 0.25) is 0 Å². The van der Waals surface area contributed by atoms with E-state index in [0.717, 1.165) is 0 Å². The number of aryl methyl sites for hydroxylation is 1. The Bertz CT molecular complexity index is 566. The van der Waals surface area contributed by atoms with Crippen molar-refractivity contribution in [3.63, 3.8) is 0 Å². The molecule has 16 heavy (non-hydrogen) atoms. The molecule has 2 aromatic rings. The summed E-state index contributed by atoms with van der Waals surface area (Å²) < 4.78 is 13.5. The molecule has 4 heteroatoms. The number of carbonyl (C=O) groups excluding carboxylic acids is 1. The third-order valence-electron chi connectivity index (χ3n) is 2.39. The zero-order valence-electron chi connectivity index (χ0n) is 9.04. The molecular formula is C12H11FN2O. The number of para-hydroxylation sites is 1. The molecule has 1 aromatic heterocycles. The van der Waals surface area contributed by atoms with Gasteiger partial charge in [-0.15, -0.1) is 0 Å². The molecule has 0 saturated carbocycles. The van der Waals surface area contributed by atoms with Crippen LogP contribution in [-0.4, -0.2) is 17.9 Å². The lowest BCUT2D eigenvalue weighted by atomic mass is 10.1. The zero-order valence-corrected chi connectivity index (χ0v) is 9.04. The maximum Gasteiger partial charge on any atom is 0.251 e. The number of fused-ring (bicyclic) bond motifs is 1. The van der Waals surface area contributed by atoms with Gasteiger partial charge in [0, 0.05) is 18.1 Å². The molecular weight excluding hydrogens is 207 g/mol. The summed E-state index contributed by atoms with van der Waals surface area (Å²) >= 11 is 0. The van der Waals surface area contributed by atoms with Crippen molar-refractivity contribution < 1.29 is 9.18 Å². The number of rotatable bonds is 1. The number of pyridine rings is 1. The zero-order chi connectivity index (χ0) is 11.7. The Morgan fingerprint density at radius 1 is 1.44 bits per heavy atom. The lowest BCUT2D eigenvalue weighted by molar-refractivity contribution is 0.0964. The molecule has 2 rings (SSSR count). The summed E-state index contributed by atoms with van der Waals surface area (Å²) in [4.78, 5) is 15.7. The van der Waals surface area contributed by atoms with Crippen LogP contribution in [-0.2, 0) is 0 Å². The van der Waals surface area contributed by atoms with E-state index in [0.29, 0.717) is 16.6 Å². The van der Waals surface area contributed by atoms with Gasteiger partial charge in [-0.3, -0.25) is 4.79 Å². The van der Waals surface area contributed by atoms with E-state index in [1.165, 1.54) is 6.07 Å². The van der Waals surface area contributed by atoms with E-state index in [9.17, 15) is 9.18 Å². The van der Waals surface area contributed by atoms with Gasteiger partial charge in [0.05, 0.1) is 5.56 Å². The van der Waals surface area contributed by atoms with E-state index in [2.05, 4.69) is 10.3 Å². The van der Waals surface area contributed by atoms with Gasteiger partial charge >= 0.3 is 0 Å². The van der Waals surface area contributed by atoms with Crippen molar-refractivity contribution in [1.29, 1.82) is 0 Å². The molecule has 0 aliphatic carbocycles. The third kappa shape index (κ3) is 1.62. The van der Waals surface area contributed by atoms with Crippen molar-refractivity contribution >= 4 is 16.8 Å². The number of nitrogens with zero attached hydrogens (tertiary/aromatic N) is 1. The van der Waals surface area contributed by atoms with Gasteiger partial charge in [-0.2, -0.15) is 0 Å². The number of hydrogen-bond acceptors (Lipinski definition) is 2. The third-order valence-corrected chi connectivity index (χ3v) is 2.39. The van der Waals surface area contributed by atoms with Crippen LogP contribution in [0.1, 0.15) is 16.1 Å². The molecule has 3 nitrogen and oxygen atoms in total. The van der Waals surface area contributed by atoms with Gasteiger partial charge < -0.3 is 5.32 Å². The number of amides is 1. The van der Waals surface area contributed by atoms with Gasteiger partial charge in [0.1, 0.15) is 11.3 Å². The van der Waals surface area contributed by atoms with Crippen molar-refractivity contribution in [3.05, 3.63) is 41.3 Å². The molecule has 1 heterocycles. The number of carbonyl (C=O) groups is 1. The van der Waals surface area contributed by atoms with Crippen molar-refractivity contribution in [2.45, 2.75) is 6.92 Å². The largest absolute Gasteiger partial charge is 0.355 e. The predicted octanol–water partition coefficient (Wildman–Crippen LogP) is 2.04. The fraction of sp³-hybridized carbons (Fsp3) is 0.167. The summed E-state index contributed by atoms with van der Waals surface area (Å²) in [6.45, 7) is 1.73. The van der Waals surface area contributed by atoms with E-state index in [4.69, 9.17) is 0 Å². The molecule has 0 radical (unpaired) electrons. The fourth-order valence-electron chi connectivity index (χ4n) is 1.66. The van der Waals surface area contributed by atoms with Crippen LogP contribution in [0.15, 0.2) is 24.3 Å². The van der Waals surface area contributed by atoms with Crippen molar-refractivity contribution in [2.24, 2.45) is 0 Å². The van der Waals surface area contributed by atoms with Gasteiger partial charge in [0.2, 0.25) is 0 Å². The van der Waals surface area contributed by atoms with Gasteiger partial charge in [-0.05, 0) is 19.1 Å². The van der Waals surface area contributed by atoms with E-state index >= 15 is 0 Å². The average molecular weight is 218 g/mol. The summed E-state index contributed by atoms with van der Waals surface area (Å²) in [7, 11) is 1.54. The van der Waals surface area contributed by atoms with Crippen molar-refractivity contribution in [2.75, 3.05) is 7.05 Å². The highest BCUT2D eigenvalue weighted by atomic mass is 19.1. The highest BCUT2D eigenvalue weighted by molar-refractivity contribution is 6.06. The first-order chi connectivity index (χ1) is 7.63. The molecule has 0 spiro atoms. The maximum atomic E-state index is 13.5. The van der Waals surface area contributed by atoms with E-state index in [1.54, 1.807) is 32.2 Å². The SMILES string of the molecule is CNC(=O)c1cc(C)nc2c(F)cccc12. The first-order valence-electron chi connectivity index (χ1n) is 4.91. The van der Waals surface area contributed by atoms with E-state index in [1.807, 2.05) is 0 Å². The molecule has 82 valence electrons. The van der Waals surface area contributed by atoms with Crippen LogP contribution in [0.25, 0.3) is 10.9 Å². The minimum atomic E-state index is -0.411. The monoisotopic (exact) mass is 218 g/mol. The van der Waals surface area contributed by atoms with E-state index < -0.39 is 5.82 Å².